The van der Waals surface area contributed by atoms with Crippen LogP contribution in [0.1, 0.15) is 63.5 Å². The van der Waals surface area contributed by atoms with Gasteiger partial charge < -0.3 is 15.5 Å². The lowest BCUT2D eigenvalue weighted by Gasteiger charge is -2.37. The molecule has 184 valence electrons. The van der Waals surface area contributed by atoms with Gasteiger partial charge in [0.15, 0.2) is 0 Å². The third-order valence-corrected chi connectivity index (χ3v) is 6.82. The average molecular weight is 476 g/mol. The quantitative estimate of drug-likeness (QED) is 0.600. The molecule has 1 saturated carbocycles. The monoisotopic (exact) mass is 475 g/mol. The molecule has 2 N–H and O–H groups in total. The van der Waals surface area contributed by atoms with Gasteiger partial charge in [-0.15, -0.1) is 0 Å². The molecule has 1 saturated heterocycles. The minimum absolute atomic E-state index is 0.0255. The molecule has 2 aromatic rings. The molecule has 3 heterocycles. The molecular weight excluding hydrogens is 443 g/mol. The number of hydrogen-bond donors (Lipinski definition) is 2. The summed E-state index contributed by atoms with van der Waals surface area (Å²) < 4.78 is 41.8. The van der Waals surface area contributed by atoms with Crippen LogP contribution < -0.4 is 15.5 Å². The zero-order chi connectivity index (χ0) is 24.5. The van der Waals surface area contributed by atoms with Crippen molar-refractivity contribution < 1.29 is 18.0 Å². The summed E-state index contributed by atoms with van der Waals surface area (Å²) in [5.41, 5.74) is 0.764. The predicted octanol–water partition coefficient (Wildman–Crippen LogP) is 5.21. The average Bonchev–Trinajstić information content (AvgIpc) is 2.76. The van der Waals surface area contributed by atoms with Gasteiger partial charge >= 0.3 is 6.18 Å². The first kappa shape index (κ1) is 24.4. The number of anilines is 2. The summed E-state index contributed by atoms with van der Waals surface area (Å²) >= 11 is 0. The van der Waals surface area contributed by atoms with Crippen LogP contribution in [-0.4, -0.2) is 41.6 Å². The van der Waals surface area contributed by atoms with Crippen molar-refractivity contribution in [3.8, 4) is 11.3 Å². The molecular formula is C25H32F3N5O. The number of alkyl halides is 3. The Balaban J connectivity index is 1.81. The first-order valence-corrected chi connectivity index (χ1v) is 12.1. The maximum Gasteiger partial charge on any atom is 0.416 e. The summed E-state index contributed by atoms with van der Waals surface area (Å²) in [5, 5.41) is 6.23. The topological polar surface area (TPSA) is 70.2 Å². The molecule has 1 unspecified atom stereocenters. The van der Waals surface area contributed by atoms with Crippen LogP contribution in [0.4, 0.5) is 24.8 Å². The third kappa shape index (κ3) is 5.04. The Kier molecular flexibility index (Phi) is 7.12. The van der Waals surface area contributed by atoms with Gasteiger partial charge in [0.05, 0.1) is 11.3 Å². The van der Waals surface area contributed by atoms with E-state index in [2.05, 4.69) is 15.6 Å². The highest BCUT2D eigenvalue weighted by Gasteiger charge is 2.34. The third-order valence-electron chi connectivity index (χ3n) is 6.82. The van der Waals surface area contributed by atoms with E-state index in [0.29, 0.717) is 42.4 Å². The Morgan fingerprint density at radius 3 is 2.68 bits per heavy atom. The van der Waals surface area contributed by atoms with Crippen molar-refractivity contribution in [1.29, 1.82) is 0 Å². The Hall–Kier alpha value is -2.68. The van der Waals surface area contributed by atoms with Crippen LogP contribution in [-0.2, 0) is 11.0 Å². The van der Waals surface area contributed by atoms with Crippen LogP contribution in [0.3, 0.4) is 0 Å². The molecule has 0 radical (unpaired) electrons. The van der Waals surface area contributed by atoms with Crippen molar-refractivity contribution in [2.24, 2.45) is 5.92 Å². The zero-order valence-corrected chi connectivity index (χ0v) is 19.9. The summed E-state index contributed by atoms with van der Waals surface area (Å²) in [5.74, 6) is 0.538. The van der Waals surface area contributed by atoms with Crippen molar-refractivity contribution in [3.05, 3.63) is 35.5 Å². The number of hydrogen-bond acceptors (Lipinski definition) is 5. The molecule has 0 bridgehead atoms. The summed E-state index contributed by atoms with van der Waals surface area (Å²) in [6, 6.07) is 4.01. The highest BCUT2D eigenvalue weighted by atomic mass is 19.4. The van der Waals surface area contributed by atoms with Crippen molar-refractivity contribution in [1.82, 2.24) is 15.3 Å². The van der Waals surface area contributed by atoms with Crippen LogP contribution in [0.15, 0.2) is 24.4 Å². The standard InChI is InChI=1S/C25H32F3N5O/c1-4-18-14-29-10-11-33(18)21-13-17(25(26,27)28)12-20(31-21)19-8-9-30-23(22(19)15(2)3)32-24(34)16-6-5-7-16/h8-9,12-13,15-16,18,29H,4-7,10-11,14H2,1-3H3,(H,30,32,34). The number of halogens is 3. The summed E-state index contributed by atoms with van der Waals surface area (Å²) in [6.07, 6.45) is 0.552. The molecule has 0 aromatic carbocycles. The van der Waals surface area contributed by atoms with Crippen molar-refractivity contribution in [2.45, 2.75) is 64.6 Å². The second-order valence-electron chi connectivity index (χ2n) is 9.45. The fourth-order valence-corrected chi connectivity index (χ4v) is 4.66. The molecule has 2 fully saturated rings. The Labute approximate surface area is 198 Å². The molecule has 1 atom stereocenters. The zero-order valence-electron chi connectivity index (χ0n) is 19.9. The number of carbonyl (C=O) groups excluding carboxylic acids is 1. The molecule has 0 spiro atoms. The molecule has 6 nitrogen and oxygen atoms in total. The van der Waals surface area contributed by atoms with E-state index in [4.69, 9.17) is 4.98 Å². The molecule has 1 aliphatic carbocycles. The second kappa shape index (κ2) is 9.90. The molecule has 1 amide bonds. The molecule has 1 aliphatic heterocycles. The van der Waals surface area contributed by atoms with Crippen molar-refractivity contribution in [3.63, 3.8) is 0 Å². The van der Waals surface area contributed by atoms with Gasteiger partial charge in [-0.05, 0) is 43.4 Å². The maximum absolute atomic E-state index is 13.9. The lowest BCUT2D eigenvalue weighted by molar-refractivity contribution is -0.137. The van der Waals surface area contributed by atoms with Crippen molar-refractivity contribution >= 4 is 17.5 Å². The maximum atomic E-state index is 13.9. The van der Waals surface area contributed by atoms with Gasteiger partial charge in [-0.3, -0.25) is 4.79 Å². The van der Waals surface area contributed by atoms with E-state index in [1.54, 1.807) is 6.07 Å². The Morgan fingerprint density at radius 1 is 1.29 bits per heavy atom. The minimum atomic E-state index is -4.51. The van der Waals surface area contributed by atoms with Gasteiger partial charge in [0.25, 0.3) is 0 Å². The highest BCUT2D eigenvalue weighted by molar-refractivity contribution is 5.94. The van der Waals surface area contributed by atoms with Crippen LogP contribution >= 0.6 is 0 Å². The van der Waals surface area contributed by atoms with Crippen LogP contribution in [0.25, 0.3) is 11.3 Å². The van der Waals surface area contributed by atoms with Crippen molar-refractivity contribution in [2.75, 3.05) is 29.9 Å². The van der Waals surface area contributed by atoms with Crippen LogP contribution in [0.2, 0.25) is 0 Å². The van der Waals surface area contributed by atoms with Gasteiger partial charge in [-0.1, -0.05) is 27.2 Å². The summed E-state index contributed by atoms with van der Waals surface area (Å²) in [7, 11) is 0. The normalized spacial score (nSPS) is 19.3. The van der Waals surface area contributed by atoms with E-state index in [9.17, 15) is 18.0 Å². The molecule has 2 aromatic heterocycles. The van der Waals surface area contributed by atoms with Gasteiger partial charge in [-0.25, -0.2) is 9.97 Å². The molecule has 9 heteroatoms. The number of aromatic nitrogens is 2. The fraction of sp³-hybridized carbons (Fsp3) is 0.560. The lowest BCUT2D eigenvalue weighted by atomic mass is 9.84. The van der Waals surface area contributed by atoms with E-state index < -0.39 is 11.7 Å². The van der Waals surface area contributed by atoms with Crippen LogP contribution in [0.5, 0.6) is 0 Å². The predicted molar refractivity (Wildman–Crippen MR) is 127 cm³/mol. The number of nitrogens with one attached hydrogen (secondary N) is 2. The van der Waals surface area contributed by atoms with E-state index in [1.807, 2.05) is 25.7 Å². The van der Waals surface area contributed by atoms with Crippen LogP contribution in [0, 0.1) is 5.92 Å². The van der Waals surface area contributed by atoms with E-state index in [1.165, 1.54) is 6.20 Å². The van der Waals surface area contributed by atoms with Gasteiger partial charge in [0, 0.05) is 48.9 Å². The smallest absolute Gasteiger partial charge is 0.351 e. The number of nitrogens with zero attached hydrogens (tertiary/aromatic N) is 3. The largest absolute Gasteiger partial charge is 0.416 e. The van der Waals surface area contributed by atoms with Gasteiger partial charge in [0.2, 0.25) is 5.91 Å². The summed E-state index contributed by atoms with van der Waals surface area (Å²) in [6.45, 7) is 7.88. The van der Waals surface area contributed by atoms with E-state index in [-0.39, 0.29) is 29.5 Å². The number of rotatable bonds is 6. The number of piperazine rings is 1. The Morgan fingerprint density at radius 2 is 2.06 bits per heavy atom. The molecule has 34 heavy (non-hydrogen) atoms. The highest BCUT2D eigenvalue weighted by Crippen LogP contribution is 2.39. The first-order valence-electron chi connectivity index (χ1n) is 12.1. The van der Waals surface area contributed by atoms with Gasteiger partial charge in [0.1, 0.15) is 11.6 Å². The molecule has 2 aliphatic rings. The van der Waals surface area contributed by atoms with E-state index in [0.717, 1.165) is 37.8 Å². The summed E-state index contributed by atoms with van der Waals surface area (Å²) in [4.78, 5) is 23.7. The number of pyridine rings is 2. The van der Waals surface area contributed by atoms with E-state index >= 15 is 0 Å². The number of carbonyl (C=O) groups is 1. The fourth-order valence-electron chi connectivity index (χ4n) is 4.66. The minimum Gasteiger partial charge on any atom is -0.351 e. The second-order valence-corrected chi connectivity index (χ2v) is 9.45. The SMILES string of the molecule is CCC1CNCCN1c1cc(C(F)(F)F)cc(-c2ccnc(NC(=O)C3CCC3)c2C(C)C)n1. The Bertz CT molecular complexity index is 1040. The van der Waals surface area contributed by atoms with Gasteiger partial charge in [-0.2, -0.15) is 13.2 Å². The first-order chi connectivity index (χ1) is 16.2. The lowest BCUT2D eigenvalue weighted by Crippen LogP contribution is -2.51. The number of amides is 1. The molecule has 4 rings (SSSR count).